The first-order chi connectivity index (χ1) is 11.5. The maximum absolute atomic E-state index is 12.8. The molecule has 9 nitrogen and oxygen atoms in total. The SMILES string of the molecule is C[C@H]1CNCCN1C(=O)c1ccc2c(c1)S(=O)(=O)Nc1ncnn1-2. The Kier molecular flexibility index (Phi) is 3.32. The van der Waals surface area contributed by atoms with Crippen LogP contribution in [0.2, 0.25) is 0 Å². The summed E-state index contributed by atoms with van der Waals surface area (Å²) in [5.74, 6) is -0.0382. The van der Waals surface area contributed by atoms with Gasteiger partial charge in [-0.25, -0.2) is 13.1 Å². The Morgan fingerprint density at radius 1 is 1.38 bits per heavy atom. The molecule has 0 aliphatic carbocycles. The van der Waals surface area contributed by atoms with Gasteiger partial charge in [-0.1, -0.05) is 0 Å². The summed E-state index contributed by atoms with van der Waals surface area (Å²) >= 11 is 0. The van der Waals surface area contributed by atoms with Crippen molar-refractivity contribution in [1.29, 1.82) is 0 Å². The first kappa shape index (κ1) is 15.1. The predicted octanol–water partition coefficient (Wildman–Crippen LogP) is -0.185. The molecule has 1 aromatic heterocycles. The van der Waals surface area contributed by atoms with Crippen LogP contribution in [0, 0.1) is 0 Å². The molecule has 24 heavy (non-hydrogen) atoms. The van der Waals surface area contributed by atoms with Gasteiger partial charge < -0.3 is 10.2 Å². The Balaban J connectivity index is 1.77. The Morgan fingerprint density at radius 2 is 2.21 bits per heavy atom. The van der Waals surface area contributed by atoms with E-state index in [1.165, 1.54) is 17.1 Å². The molecule has 2 aliphatic heterocycles. The van der Waals surface area contributed by atoms with E-state index in [9.17, 15) is 13.2 Å². The number of benzene rings is 1. The van der Waals surface area contributed by atoms with Gasteiger partial charge in [-0.15, -0.1) is 0 Å². The molecule has 1 fully saturated rings. The van der Waals surface area contributed by atoms with Crippen LogP contribution >= 0.6 is 0 Å². The number of carbonyl (C=O) groups is 1. The lowest BCUT2D eigenvalue weighted by molar-refractivity contribution is 0.0655. The second-order valence-corrected chi connectivity index (χ2v) is 7.49. The molecule has 1 amide bonds. The summed E-state index contributed by atoms with van der Waals surface area (Å²) in [7, 11) is -3.78. The number of nitrogens with zero attached hydrogens (tertiary/aromatic N) is 4. The summed E-state index contributed by atoms with van der Waals surface area (Å²) in [6.45, 7) is 4.00. The highest BCUT2D eigenvalue weighted by Gasteiger charge is 2.31. The minimum absolute atomic E-state index is 0.0223. The van der Waals surface area contributed by atoms with Crippen molar-refractivity contribution in [2.75, 3.05) is 24.4 Å². The molecule has 2 aliphatic rings. The van der Waals surface area contributed by atoms with Crippen LogP contribution in [0.4, 0.5) is 5.95 Å². The fourth-order valence-corrected chi connectivity index (χ4v) is 4.21. The molecule has 10 heteroatoms. The zero-order valence-corrected chi connectivity index (χ0v) is 13.7. The zero-order valence-electron chi connectivity index (χ0n) is 12.9. The third-order valence-corrected chi connectivity index (χ3v) is 5.62. The van der Waals surface area contributed by atoms with Crippen LogP contribution in [-0.4, -0.2) is 59.7 Å². The molecule has 0 spiro atoms. The molecule has 0 radical (unpaired) electrons. The van der Waals surface area contributed by atoms with Gasteiger partial charge >= 0.3 is 0 Å². The Morgan fingerprint density at radius 3 is 3.00 bits per heavy atom. The third-order valence-electron chi connectivity index (χ3n) is 4.26. The number of hydrogen-bond acceptors (Lipinski definition) is 6. The van der Waals surface area contributed by atoms with Crippen LogP contribution in [0.25, 0.3) is 5.69 Å². The number of aromatic nitrogens is 3. The van der Waals surface area contributed by atoms with Crippen molar-refractivity contribution in [3.8, 4) is 5.69 Å². The van der Waals surface area contributed by atoms with Crippen LogP contribution in [0.5, 0.6) is 0 Å². The highest BCUT2D eigenvalue weighted by atomic mass is 32.2. The average Bonchev–Trinajstić information content (AvgIpc) is 3.02. The molecule has 126 valence electrons. The minimum atomic E-state index is -3.78. The highest BCUT2D eigenvalue weighted by molar-refractivity contribution is 7.93. The Labute approximate surface area is 138 Å². The van der Waals surface area contributed by atoms with Crippen LogP contribution in [0.1, 0.15) is 17.3 Å². The predicted molar refractivity (Wildman–Crippen MR) is 85.5 cm³/mol. The summed E-state index contributed by atoms with van der Waals surface area (Å²) in [5, 5.41) is 7.24. The van der Waals surface area contributed by atoms with E-state index in [-0.39, 0.29) is 22.8 Å². The van der Waals surface area contributed by atoms with Gasteiger partial charge in [0.1, 0.15) is 11.2 Å². The normalized spacial score (nSPS) is 21.5. The zero-order chi connectivity index (χ0) is 16.9. The van der Waals surface area contributed by atoms with Gasteiger partial charge in [-0.2, -0.15) is 14.8 Å². The van der Waals surface area contributed by atoms with Crippen molar-refractivity contribution >= 4 is 21.9 Å². The smallest absolute Gasteiger partial charge is 0.266 e. The van der Waals surface area contributed by atoms with Crippen LogP contribution in [0.3, 0.4) is 0 Å². The largest absolute Gasteiger partial charge is 0.333 e. The number of fused-ring (bicyclic) bond motifs is 3. The molecule has 2 aromatic rings. The van der Waals surface area contributed by atoms with Gasteiger partial charge in [0.05, 0.1) is 5.69 Å². The maximum atomic E-state index is 12.8. The third kappa shape index (κ3) is 2.26. The van der Waals surface area contributed by atoms with Crippen molar-refractivity contribution in [1.82, 2.24) is 25.0 Å². The number of sulfonamides is 1. The molecule has 1 aromatic carbocycles. The standard InChI is InChI=1S/C14H16N6O3S/c1-9-7-15-4-5-19(9)13(21)10-2-3-11-12(6-10)24(22,23)18-14-16-8-17-20(11)14/h2-3,6,8-9,15H,4-5,7H2,1H3,(H,16,17,18)/t9-/m0/s1. The molecule has 0 unspecified atom stereocenters. The van der Waals surface area contributed by atoms with E-state index in [0.717, 1.165) is 13.1 Å². The first-order valence-corrected chi connectivity index (χ1v) is 9.04. The Bertz CT molecular complexity index is 922. The molecule has 0 bridgehead atoms. The summed E-state index contributed by atoms with van der Waals surface area (Å²) in [5.41, 5.74) is 0.725. The molecule has 3 heterocycles. The van der Waals surface area contributed by atoms with E-state index in [1.54, 1.807) is 17.0 Å². The summed E-state index contributed by atoms with van der Waals surface area (Å²) in [4.78, 5) is 18.4. The number of piperazine rings is 1. The fourth-order valence-electron chi connectivity index (χ4n) is 3.01. The van der Waals surface area contributed by atoms with E-state index >= 15 is 0 Å². The van der Waals surface area contributed by atoms with Gasteiger partial charge in [-0.05, 0) is 25.1 Å². The monoisotopic (exact) mass is 348 g/mol. The second kappa shape index (κ2) is 5.28. The average molecular weight is 348 g/mol. The fraction of sp³-hybridized carbons (Fsp3) is 0.357. The van der Waals surface area contributed by atoms with Gasteiger partial charge in [0.2, 0.25) is 5.95 Å². The Hall–Kier alpha value is -2.46. The number of rotatable bonds is 1. The van der Waals surface area contributed by atoms with Crippen LogP contribution in [0.15, 0.2) is 29.4 Å². The molecule has 1 saturated heterocycles. The molecular formula is C14H16N6O3S. The van der Waals surface area contributed by atoms with Crippen molar-refractivity contribution < 1.29 is 13.2 Å². The first-order valence-electron chi connectivity index (χ1n) is 7.56. The highest BCUT2D eigenvalue weighted by Crippen LogP contribution is 2.30. The number of amides is 1. The number of hydrogen-bond donors (Lipinski definition) is 2. The lowest BCUT2D eigenvalue weighted by Crippen LogP contribution is -2.52. The topological polar surface area (TPSA) is 109 Å². The van der Waals surface area contributed by atoms with Gasteiger partial charge in [-0.3, -0.25) is 4.79 Å². The lowest BCUT2D eigenvalue weighted by atomic mass is 10.1. The van der Waals surface area contributed by atoms with E-state index < -0.39 is 10.0 Å². The molecule has 1 atom stereocenters. The van der Waals surface area contributed by atoms with Crippen molar-refractivity contribution in [3.05, 3.63) is 30.1 Å². The maximum Gasteiger partial charge on any atom is 0.266 e. The van der Waals surface area contributed by atoms with E-state index in [2.05, 4.69) is 20.1 Å². The lowest BCUT2D eigenvalue weighted by Gasteiger charge is -2.34. The van der Waals surface area contributed by atoms with Crippen molar-refractivity contribution in [2.45, 2.75) is 17.9 Å². The van der Waals surface area contributed by atoms with Crippen molar-refractivity contribution in [2.24, 2.45) is 0 Å². The summed E-state index contributed by atoms with van der Waals surface area (Å²) in [6.07, 6.45) is 1.27. The molecule has 0 saturated carbocycles. The van der Waals surface area contributed by atoms with E-state index in [4.69, 9.17) is 0 Å². The number of carbonyl (C=O) groups excluding carboxylic acids is 1. The number of nitrogens with one attached hydrogen (secondary N) is 2. The minimum Gasteiger partial charge on any atom is -0.333 e. The van der Waals surface area contributed by atoms with Gasteiger partial charge in [0, 0.05) is 31.2 Å². The number of anilines is 1. The molecule has 2 N–H and O–H groups in total. The van der Waals surface area contributed by atoms with Crippen LogP contribution < -0.4 is 10.0 Å². The van der Waals surface area contributed by atoms with E-state index in [0.29, 0.717) is 17.8 Å². The van der Waals surface area contributed by atoms with E-state index in [1.807, 2.05) is 6.92 Å². The second-order valence-electron chi connectivity index (χ2n) is 5.84. The van der Waals surface area contributed by atoms with Gasteiger partial charge in [0.15, 0.2) is 0 Å². The quantitative estimate of drug-likeness (QED) is 0.740. The van der Waals surface area contributed by atoms with Gasteiger partial charge in [0.25, 0.3) is 15.9 Å². The molecule has 4 rings (SSSR count). The van der Waals surface area contributed by atoms with Crippen molar-refractivity contribution in [3.63, 3.8) is 0 Å². The summed E-state index contributed by atoms with van der Waals surface area (Å²) in [6, 6.07) is 4.67. The van der Waals surface area contributed by atoms with Crippen LogP contribution in [-0.2, 0) is 10.0 Å². The molecular weight excluding hydrogens is 332 g/mol. The summed E-state index contributed by atoms with van der Waals surface area (Å²) < 4.78 is 28.6.